The van der Waals surface area contributed by atoms with Gasteiger partial charge in [-0.2, -0.15) is 11.8 Å². The Morgan fingerprint density at radius 2 is 2.19 bits per heavy atom. The Morgan fingerprint density at radius 3 is 2.75 bits per heavy atom. The van der Waals surface area contributed by atoms with Crippen molar-refractivity contribution in [2.75, 3.05) is 18.1 Å². The minimum atomic E-state index is 0.436. The minimum Gasteiger partial charge on any atom is -0.309 e. The highest BCUT2D eigenvalue weighted by Gasteiger charge is 2.07. The quantitative estimate of drug-likeness (QED) is 0.758. The fourth-order valence-electron chi connectivity index (χ4n) is 1.35. The van der Waals surface area contributed by atoms with E-state index in [-0.39, 0.29) is 0 Å². The second-order valence-corrected chi connectivity index (χ2v) is 6.84. The molecule has 4 heteroatoms. The molecule has 1 atom stereocenters. The first-order valence-electron chi connectivity index (χ1n) is 5.83. The lowest BCUT2D eigenvalue weighted by Crippen LogP contribution is -2.20. The fraction of sp³-hybridized carbons (Fsp3) is 0.750. The third kappa shape index (κ3) is 5.32. The Hall–Kier alpha value is -0.0600. The zero-order valence-corrected chi connectivity index (χ0v) is 12.3. The van der Waals surface area contributed by atoms with Crippen molar-refractivity contribution >= 4 is 23.1 Å². The molecule has 1 unspecified atom stereocenters. The lowest BCUT2D eigenvalue weighted by atomic mass is 10.3. The summed E-state index contributed by atoms with van der Waals surface area (Å²) in [5, 5.41) is 4.69. The van der Waals surface area contributed by atoms with Gasteiger partial charge in [-0.25, -0.2) is 4.98 Å². The average Bonchev–Trinajstić information content (AvgIpc) is 2.63. The number of nitrogens with zero attached hydrogens (tertiary/aromatic N) is 1. The molecule has 0 amide bonds. The Morgan fingerprint density at radius 1 is 1.44 bits per heavy atom. The van der Waals surface area contributed by atoms with Crippen LogP contribution in [0.2, 0.25) is 0 Å². The largest absolute Gasteiger partial charge is 0.309 e. The molecule has 0 aliphatic heterocycles. The van der Waals surface area contributed by atoms with E-state index in [4.69, 9.17) is 0 Å². The molecule has 1 rings (SSSR count). The van der Waals surface area contributed by atoms with Gasteiger partial charge >= 0.3 is 0 Å². The van der Waals surface area contributed by atoms with Gasteiger partial charge in [0, 0.05) is 29.4 Å². The predicted molar refractivity (Wildman–Crippen MR) is 75.4 cm³/mol. The summed E-state index contributed by atoms with van der Waals surface area (Å²) in [7, 11) is 0. The van der Waals surface area contributed by atoms with Crippen molar-refractivity contribution in [2.24, 2.45) is 5.92 Å². The molecular formula is C12H22N2S2. The number of hydrogen-bond acceptors (Lipinski definition) is 4. The minimum absolute atomic E-state index is 0.436. The van der Waals surface area contributed by atoms with E-state index in [9.17, 15) is 0 Å². The van der Waals surface area contributed by atoms with Crippen molar-refractivity contribution in [2.45, 2.75) is 33.7 Å². The summed E-state index contributed by atoms with van der Waals surface area (Å²) in [5.74, 6) is 3.25. The first-order valence-corrected chi connectivity index (χ1v) is 7.80. The van der Waals surface area contributed by atoms with Crippen LogP contribution in [0.15, 0.2) is 6.20 Å². The van der Waals surface area contributed by atoms with Crippen molar-refractivity contribution in [3.8, 4) is 0 Å². The molecule has 2 nitrogen and oxygen atoms in total. The van der Waals surface area contributed by atoms with Gasteiger partial charge in [-0.1, -0.05) is 13.8 Å². The summed E-state index contributed by atoms with van der Waals surface area (Å²) in [5.41, 5.74) is 0. The summed E-state index contributed by atoms with van der Waals surface area (Å²) < 4.78 is 0. The molecule has 0 aromatic carbocycles. The monoisotopic (exact) mass is 258 g/mol. The molecule has 1 aromatic heterocycles. The van der Waals surface area contributed by atoms with Gasteiger partial charge in [0.1, 0.15) is 0 Å². The topological polar surface area (TPSA) is 24.9 Å². The molecule has 92 valence electrons. The van der Waals surface area contributed by atoms with E-state index >= 15 is 0 Å². The molecule has 0 saturated heterocycles. The van der Waals surface area contributed by atoms with Crippen LogP contribution < -0.4 is 5.32 Å². The molecule has 0 radical (unpaired) electrons. The Labute approximate surface area is 107 Å². The van der Waals surface area contributed by atoms with Crippen LogP contribution in [0.5, 0.6) is 0 Å². The number of thiazole rings is 1. The second-order valence-electron chi connectivity index (χ2n) is 4.43. The number of hydrogen-bond donors (Lipinski definition) is 1. The van der Waals surface area contributed by atoms with Gasteiger partial charge in [0.15, 0.2) is 0 Å². The summed E-state index contributed by atoms with van der Waals surface area (Å²) >= 11 is 3.81. The van der Waals surface area contributed by atoms with Gasteiger partial charge in [-0.05, 0) is 25.5 Å². The van der Waals surface area contributed by atoms with Crippen LogP contribution in [0.3, 0.4) is 0 Å². The van der Waals surface area contributed by atoms with Gasteiger partial charge in [0.25, 0.3) is 0 Å². The highest BCUT2D eigenvalue weighted by atomic mass is 32.2. The Bertz CT molecular complexity index is 297. The smallest absolute Gasteiger partial charge is 0.0897 e. The lowest BCUT2D eigenvalue weighted by molar-refractivity contribution is 0.609. The van der Waals surface area contributed by atoms with Crippen LogP contribution in [0, 0.1) is 12.8 Å². The molecule has 0 fully saturated rings. The Balaban J connectivity index is 2.13. The average molecular weight is 258 g/mol. The third-order valence-electron chi connectivity index (χ3n) is 2.21. The molecule has 0 aliphatic rings. The van der Waals surface area contributed by atoms with E-state index in [2.05, 4.69) is 38.0 Å². The van der Waals surface area contributed by atoms with Crippen molar-refractivity contribution < 1.29 is 0 Å². The number of nitrogens with one attached hydrogen (secondary N) is 1. The van der Waals surface area contributed by atoms with E-state index in [1.54, 1.807) is 11.3 Å². The SMILES string of the molecule is Cc1ncc(C(C)NCCSCC(C)C)s1. The summed E-state index contributed by atoms with van der Waals surface area (Å²) in [6, 6.07) is 0.436. The van der Waals surface area contributed by atoms with Crippen LogP contribution in [0.4, 0.5) is 0 Å². The zero-order valence-electron chi connectivity index (χ0n) is 10.6. The van der Waals surface area contributed by atoms with Crippen molar-refractivity contribution in [1.82, 2.24) is 10.3 Å². The van der Waals surface area contributed by atoms with E-state index in [0.29, 0.717) is 6.04 Å². The van der Waals surface area contributed by atoms with Gasteiger partial charge in [-0.3, -0.25) is 0 Å². The van der Waals surface area contributed by atoms with E-state index in [1.807, 2.05) is 18.0 Å². The molecule has 1 N–H and O–H groups in total. The molecule has 1 heterocycles. The van der Waals surface area contributed by atoms with E-state index < -0.39 is 0 Å². The maximum absolute atomic E-state index is 4.28. The highest BCUT2D eigenvalue weighted by molar-refractivity contribution is 7.99. The van der Waals surface area contributed by atoms with Crippen LogP contribution in [0.1, 0.15) is 36.7 Å². The van der Waals surface area contributed by atoms with E-state index in [0.717, 1.165) is 17.5 Å². The van der Waals surface area contributed by atoms with Crippen molar-refractivity contribution in [3.05, 3.63) is 16.1 Å². The summed E-state index contributed by atoms with van der Waals surface area (Å²) in [6.45, 7) is 9.88. The van der Waals surface area contributed by atoms with Gasteiger partial charge in [0.05, 0.1) is 5.01 Å². The number of rotatable bonds is 7. The van der Waals surface area contributed by atoms with Gasteiger partial charge in [0.2, 0.25) is 0 Å². The molecule has 0 spiro atoms. The van der Waals surface area contributed by atoms with Gasteiger partial charge < -0.3 is 5.32 Å². The summed E-state index contributed by atoms with van der Waals surface area (Å²) in [6.07, 6.45) is 1.99. The third-order valence-corrected chi connectivity index (χ3v) is 4.70. The van der Waals surface area contributed by atoms with E-state index in [1.165, 1.54) is 16.4 Å². The molecule has 16 heavy (non-hydrogen) atoms. The Kier molecular flexibility index (Phi) is 6.39. The molecular weight excluding hydrogens is 236 g/mol. The van der Waals surface area contributed by atoms with Gasteiger partial charge in [-0.15, -0.1) is 11.3 Å². The van der Waals surface area contributed by atoms with Crippen LogP contribution in [-0.2, 0) is 0 Å². The van der Waals surface area contributed by atoms with Crippen LogP contribution in [-0.4, -0.2) is 23.0 Å². The van der Waals surface area contributed by atoms with Crippen LogP contribution in [0.25, 0.3) is 0 Å². The maximum Gasteiger partial charge on any atom is 0.0897 e. The number of aromatic nitrogens is 1. The first kappa shape index (κ1) is 14.0. The number of aryl methyl sites for hydroxylation is 1. The first-order chi connectivity index (χ1) is 7.59. The molecule has 0 aliphatic carbocycles. The molecule has 0 bridgehead atoms. The second kappa shape index (κ2) is 7.30. The predicted octanol–water partition coefficient (Wildman–Crippen LogP) is 3.49. The van der Waals surface area contributed by atoms with Crippen molar-refractivity contribution in [3.63, 3.8) is 0 Å². The number of thioether (sulfide) groups is 1. The maximum atomic E-state index is 4.28. The zero-order chi connectivity index (χ0) is 12.0. The lowest BCUT2D eigenvalue weighted by Gasteiger charge is -2.11. The van der Waals surface area contributed by atoms with Crippen LogP contribution >= 0.6 is 23.1 Å². The summed E-state index contributed by atoms with van der Waals surface area (Å²) in [4.78, 5) is 5.62. The molecule has 1 aromatic rings. The normalized spacial score (nSPS) is 13.3. The van der Waals surface area contributed by atoms with Crippen molar-refractivity contribution in [1.29, 1.82) is 0 Å². The molecule has 0 saturated carbocycles. The highest BCUT2D eigenvalue weighted by Crippen LogP contribution is 2.19. The standard InChI is InChI=1S/C12H22N2S2/c1-9(2)8-15-6-5-13-10(3)12-7-14-11(4)16-12/h7,9-10,13H,5-6,8H2,1-4H3. The fourth-order valence-corrected chi connectivity index (χ4v) is 3.06.